The van der Waals surface area contributed by atoms with E-state index in [-0.39, 0.29) is 11.6 Å². The molecule has 0 bridgehead atoms. The number of pyridine rings is 1. The predicted octanol–water partition coefficient (Wildman–Crippen LogP) is 3.67. The third kappa shape index (κ3) is 5.70. The van der Waals surface area contributed by atoms with Gasteiger partial charge < -0.3 is 15.8 Å². The van der Waals surface area contributed by atoms with E-state index in [4.69, 9.17) is 33.7 Å². The number of nitrogens with two attached hydrogens (primary N) is 1. The molecule has 0 radical (unpaired) electrons. The Bertz CT molecular complexity index is 1060. The van der Waals surface area contributed by atoms with Gasteiger partial charge >= 0.3 is 5.91 Å². The lowest BCUT2D eigenvalue weighted by Crippen LogP contribution is -2.26. The number of primary amides is 1. The number of ether oxygens (including phenoxy) is 1. The molecule has 1 aromatic heterocycles. The molecule has 0 spiro atoms. The van der Waals surface area contributed by atoms with Crippen LogP contribution < -0.4 is 20.8 Å². The van der Waals surface area contributed by atoms with Crippen molar-refractivity contribution in [1.82, 2.24) is 5.32 Å². The van der Waals surface area contributed by atoms with Crippen molar-refractivity contribution >= 4 is 35.0 Å². The molecule has 29 heavy (non-hydrogen) atoms. The average molecular weight is 431 g/mol. The van der Waals surface area contributed by atoms with Crippen LogP contribution in [0.25, 0.3) is 0 Å². The second kappa shape index (κ2) is 9.41. The maximum absolute atomic E-state index is 12.3. The zero-order valence-corrected chi connectivity index (χ0v) is 16.8. The van der Waals surface area contributed by atoms with Gasteiger partial charge in [0.15, 0.2) is 6.20 Å². The third-order valence-electron chi connectivity index (χ3n) is 4.04. The highest BCUT2D eigenvalue weighted by atomic mass is 35.5. The molecule has 2 aromatic carbocycles. The SMILES string of the molecule is NC(=O)c1cc(Oc2cccc(CCNC(=O)c3cc(Cl)ccc3Cl)c2)cc[nH+]1. The number of nitrogens with one attached hydrogen (secondary N) is 2. The molecule has 148 valence electrons. The van der Waals surface area contributed by atoms with Crippen LogP contribution in [-0.2, 0) is 6.42 Å². The summed E-state index contributed by atoms with van der Waals surface area (Å²) in [5.41, 5.74) is 6.82. The van der Waals surface area contributed by atoms with Gasteiger partial charge in [-0.1, -0.05) is 35.3 Å². The summed E-state index contributed by atoms with van der Waals surface area (Å²) in [6, 6.07) is 15.4. The van der Waals surface area contributed by atoms with Gasteiger partial charge in [-0.2, -0.15) is 0 Å². The van der Waals surface area contributed by atoms with Gasteiger partial charge in [0, 0.05) is 17.6 Å². The molecular formula is C21H18Cl2N3O3+. The van der Waals surface area contributed by atoms with Crippen molar-refractivity contribution < 1.29 is 19.3 Å². The maximum atomic E-state index is 12.3. The molecule has 6 nitrogen and oxygen atoms in total. The van der Waals surface area contributed by atoms with Gasteiger partial charge in [0.2, 0.25) is 0 Å². The van der Waals surface area contributed by atoms with E-state index in [2.05, 4.69) is 10.3 Å². The van der Waals surface area contributed by atoms with Crippen molar-refractivity contribution in [3.8, 4) is 11.5 Å². The van der Waals surface area contributed by atoms with Crippen LogP contribution >= 0.6 is 23.2 Å². The first-order valence-corrected chi connectivity index (χ1v) is 9.49. The number of halogens is 2. The smallest absolute Gasteiger partial charge is 0.313 e. The van der Waals surface area contributed by atoms with Crippen LogP contribution in [0.5, 0.6) is 11.5 Å². The summed E-state index contributed by atoms with van der Waals surface area (Å²) in [4.78, 5) is 26.3. The molecule has 4 N–H and O–H groups in total. The Labute approximate surface area is 177 Å². The molecule has 8 heteroatoms. The van der Waals surface area contributed by atoms with E-state index in [0.29, 0.717) is 40.1 Å². The highest BCUT2D eigenvalue weighted by molar-refractivity contribution is 6.35. The number of hydrogen-bond acceptors (Lipinski definition) is 3. The highest BCUT2D eigenvalue weighted by Gasteiger charge is 2.12. The van der Waals surface area contributed by atoms with Gasteiger partial charge in [0.05, 0.1) is 16.7 Å². The van der Waals surface area contributed by atoms with E-state index in [1.165, 1.54) is 12.1 Å². The molecule has 0 unspecified atom stereocenters. The van der Waals surface area contributed by atoms with E-state index < -0.39 is 5.91 Å². The van der Waals surface area contributed by atoms with Crippen molar-refractivity contribution in [2.24, 2.45) is 5.73 Å². The topological polar surface area (TPSA) is 95.6 Å². The Kier molecular flexibility index (Phi) is 6.69. The molecule has 0 aliphatic carbocycles. The predicted molar refractivity (Wildman–Crippen MR) is 111 cm³/mol. The summed E-state index contributed by atoms with van der Waals surface area (Å²) >= 11 is 12.0. The molecule has 0 aliphatic rings. The Morgan fingerprint density at radius 1 is 1.03 bits per heavy atom. The summed E-state index contributed by atoms with van der Waals surface area (Å²) in [6.07, 6.45) is 2.17. The molecular weight excluding hydrogens is 413 g/mol. The molecule has 3 rings (SSSR count). The van der Waals surface area contributed by atoms with Crippen molar-refractivity contribution in [2.45, 2.75) is 6.42 Å². The van der Waals surface area contributed by atoms with Crippen LogP contribution in [0.2, 0.25) is 10.0 Å². The van der Waals surface area contributed by atoms with Crippen LogP contribution in [0.1, 0.15) is 26.4 Å². The number of aromatic amines is 1. The molecule has 0 fully saturated rings. The largest absolute Gasteiger partial charge is 0.457 e. The number of rotatable bonds is 7. The first-order valence-electron chi connectivity index (χ1n) is 8.74. The standard InChI is InChI=1S/C21H17Cl2N3O3/c22-14-4-5-18(23)17(11-14)21(28)26-8-6-13-2-1-3-15(10-13)29-16-7-9-25-19(12-16)20(24)27/h1-5,7,9-12H,6,8H2,(H2,24,27)(H,26,28)/p+1. The van der Waals surface area contributed by atoms with Gasteiger partial charge in [0.1, 0.15) is 11.5 Å². The van der Waals surface area contributed by atoms with E-state index in [9.17, 15) is 9.59 Å². The van der Waals surface area contributed by atoms with E-state index in [1.54, 1.807) is 30.5 Å². The number of benzene rings is 2. The summed E-state index contributed by atoms with van der Waals surface area (Å²) in [5, 5.41) is 3.62. The zero-order valence-electron chi connectivity index (χ0n) is 15.2. The van der Waals surface area contributed by atoms with Crippen molar-refractivity contribution in [3.05, 3.63) is 87.7 Å². The Morgan fingerprint density at radius 2 is 1.83 bits per heavy atom. The number of carbonyl (C=O) groups is 2. The van der Waals surface area contributed by atoms with Gasteiger partial charge in [-0.15, -0.1) is 0 Å². The molecule has 0 saturated carbocycles. The summed E-state index contributed by atoms with van der Waals surface area (Å²) in [5.74, 6) is 0.233. The number of aromatic nitrogens is 1. The van der Waals surface area contributed by atoms with Crippen LogP contribution in [0.15, 0.2) is 60.8 Å². The number of hydrogen-bond donors (Lipinski definition) is 2. The normalized spacial score (nSPS) is 10.4. The van der Waals surface area contributed by atoms with E-state index >= 15 is 0 Å². The van der Waals surface area contributed by atoms with Crippen LogP contribution in [-0.4, -0.2) is 18.4 Å². The highest BCUT2D eigenvalue weighted by Crippen LogP contribution is 2.22. The monoisotopic (exact) mass is 430 g/mol. The maximum Gasteiger partial charge on any atom is 0.313 e. The molecule has 0 aliphatic heterocycles. The Morgan fingerprint density at radius 3 is 2.62 bits per heavy atom. The van der Waals surface area contributed by atoms with Crippen molar-refractivity contribution in [1.29, 1.82) is 0 Å². The van der Waals surface area contributed by atoms with E-state index in [0.717, 1.165) is 5.56 Å². The third-order valence-corrected chi connectivity index (χ3v) is 4.61. The van der Waals surface area contributed by atoms with Gasteiger partial charge in [-0.25, -0.2) is 4.98 Å². The first kappa shape index (κ1) is 20.6. The minimum Gasteiger partial charge on any atom is -0.457 e. The molecule has 2 amide bonds. The lowest BCUT2D eigenvalue weighted by atomic mass is 10.1. The summed E-state index contributed by atoms with van der Waals surface area (Å²) in [6.45, 7) is 0.414. The zero-order chi connectivity index (χ0) is 20.8. The molecule has 1 heterocycles. The molecule has 3 aromatic rings. The lowest BCUT2D eigenvalue weighted by molar-refractivity contribution is -0.382. The van der Waals surface area contributed by atoms with Gasteiger partial charge in [-0.3, -0.25) is 9.59 Å². The molecule has 0 saturated heterocycles. The second-order valence-electron chi connectivity index (χ2n) is 6.18. The summed E-state index contributed by atoms with van der Waals surface area (Å²) in [7, 11) is 0. The molecule has 0 atom stereocenters. The fourth-order valence-corrected chi connectivity index (χ4v) is 3.01. The Hall–Kier alpha value is -3.09. The van der Waals surface area contributed by atoms with Crippen molar-refractivity contribution in [3.63, 3.8) is 0 Å². The average Bonchev–Trinajstić information content (AvgIpc) is 2.70. The minimum atomic E-state index is -0.570. The lowest BCUT2D eigenvalue weighted by Gasteiger charge is -2.09. The van der Waals surface area contributed by atoms with E-state index in [1.807, 2.05) is 18.2 Å². The number of H-pyrrole nitrogens is 1. The fourth-order valence-electron chi connectivity index (χ4n) is 2.64. The van der Waals surface area contributed by atoms with Crippen LogP contribution in [0.3, 0.4) is 0 Å². The minimum absolute atomic E-state index is 0.251. The van der Waals surface area contributed by atoms with Gasteiger partial charge in [-0.05, 0) is 42.3 Å². The van der Waals surface area contributed by atoms with Crippen LogP contribution in [0.4, 0.5) is 0 Å². The quantitative estimate of drug-likeness (QED) is 0.598. The first-order chi connectivity index (χ1) is 13.9. The number of carbonyl (C=O) groups excluding carboxylic acids is 2. The van der Waals surface area contributed by atoms with Gasteiger partial charge in [0.25, 0.3) is 11.6 Å². The Balaban J connectivity index is 1.60. The second-order valence-corrected chi connectivity index (χ2v) is 7.03. The van der Waals surface area contributed by atoms with Crippen LogP contribution in [0, 0.1) is 0 Å². The fraction of sp³-hybridized carbons (Fsp3) is 0.0952. The summed E-state index contributed by atoms with van der Waals surface area (Å²) < 4.78 is 5.79. The number of amides is 2. The van der Waals surface area contributed by atoms with Crippen molar-refractivity contribution in [2.75, 3.05) is 6.54 Å².